The van der Waals surface area contributed by atoms with Crippen LogP contribution in [0.5, 0.6) is 0 Å². The summed E-state index contributed by atoms with van der Waals surface area (Å²) in [6.07, 6.45) is 8.56. The minimum absolute atomic E-state index is 0.139. The number of hydrogen-bond acceptors (Lipinski definition) is 3. The van der Waals surface area contributed by atoms with Crippen molar-refractivity contribution in [3.05, 3.63) is 24.7 Å². The number of hydrogen-bond donors (Lipinski definition) is 0. The molecule has 2 aliphatic heterocycles. The molecular formula is C8H10O3. The molecule has 11 heavy (non-hydrogen) atoms. The van der Waals surface area contributed by atoms with E-state index in [9.17, 15) is 0 Å². The molecule has 0 amide bonds. The number of ether oxygens (including phenoxy) is 3. The first-order valence-electron chi connectivity index (χ1n) is 3.71. The van der Waals surface area contributed by atoms with Crippen LogP contribution in [0.3, 0.4) is 0 Å². The fraction of sp³-hybridized carbons (Fsp3) is 0.500. The Morgan fingerprint density at radius 3 is 1.91 bits per heavy atom. The summed E-state index contributed by atoms with van der Waals surface area (Å²) < 4.78 is 15.6. The monoisotopic (exact) mass is 154 g/mol. The average molecular weight is 154 g/mol. The third-order valence-corrected chi connectivity index (χ3v) is 1.61. The van der Waals surface area contributed by atoms with Gasteiger partial charge in [0, 0.05) is 12.8 Å². The largest absolute Gasteiger partial charge is 0.472 e. The van der Waals surface area contributed by atoms with Gasteiger partial charge in [-0.15, -0.1) is 0 Å². The lowest BCUT2D eigenvalue weighted by Gasteiger charge is -2.16. The van der Waals surface area contributed by atoms with Crippen molar-refractivity contribution in [1.29, 1.82) is 0 Å². The molecule has 0 saturated heterocycles. The lowest BCUT2D eigenvalue weighted by Crippen LogP contribution is -2.20. The van der Waals surface area contributed by atoms with Crippen molar-refractivity contribution in [2.45, 2.75) is 25.4 Å². The molecule has 0 bridgehead atoms. The molecule has 0 fully saturated rings. The molecule has 0 aromatic heterocycles. The Morgan fingerprint density at radius 2 is 1.55 bits per heavy atom. The van der Waals surface area contributed by atoms with Gasteiger partial charge in [-0.2, -0.15) is 0 Å². The molecule has 3 heteroatoms. The van der Waals surface area contributed by atoms with Gasteiger partial charge >= 0.3 is 0 Å². The zero-order chi connectivity index (χ0) is 7.52. The van der Waals surface area contributed by atoms with Gasteiger partial charge in [0.15, 0.2) is 0 Å². The van der Waals surface area contributed by atoms with Gasteiger partial charge in [-0.3, -0.25) is 0 Å². The second-order valence-corrected chi connectivity index (χ2v) is 2.48. The summed E-state index contributed by atoms with van der Waals surface area (Å²) in [6, 6.07) is 0. The van der Waals surface area contributed by atoms with E-state index in [1.54, 1.807) is 12.5 Å². The molecule has 0 aromatic rings. The molecular weight excluding hydrogens is 144 g/mol. The van der Waals surface area contributed by atoms with Gasteiger partial charge in [0.25, 0.3) is 0 Å². The van der Waals surface area contributed by atoms with Gasteiger partial charge in [-0.05, 0) is 12.2 Å². The highest BCUT2D eigenvalue weighted by Gasteiger charge is 2.19. The van der Waals surface area contributed by atoms with E-state index in [0.29, 0.717) is 0 Å². The maximum absolute atomic E-state index is 5.40. The van der Waals surface area contributed by atoms with Crippen molar-refractivity contribution in [1.82, 2.24) is 0 Å². The maximum atomic E-state index is 5.40. The second-order valence-electron chi connectivity index (χ2n) is 2.48. The standard InChI is InChI=1S/C8H10O3/c1-3-7(9-5-1)11-8-4-2-6-10-8/h1-2,5-8H,3-4H2. The third kappa shape index (κ3) is 1.54. The zero-order valence-electron chi connectivity index (χ0n) is 6.10. The molecule has 60 valence electrons. The normalized spacial score (nSPS) is 33.8. The quantitative estimate of drug-likeness (QED) is 0.603. The van der Waals surface area contributed by atoms with Crippen molar-refractivity contribution in [2.24, 2.45) is 0 Å². The third-order valence-electron chi connectivity index (χ3n) is 1.61. The maximum Gasteiger partial charge on any atom is 0.206 e. The molecule has 3 nitrogen and oxygen atoms in total. The van der Waals surface area contributed by atoms with E-state index >= 15 is 0 Å². The van der Waals surface area contributed by atoms with E-state index in [2.05, 4.69) is 0 Å². The predicted molar refractivity (Wildman–Crippen MR) is 38.3 cm³/mol. The van der Waals surface area contributed by atoms with Gasteiger partial charge in [-0.1, -0.05) is 0 Å². The van der Waals surface area contributed by atoms with Crippen LogP contribution in [0.4, 0.5) is 0 Å². The lowest BCUT2D eigenvalue weighted by atomic mass is 10.4. The van der Waals surface area contributed by atoms with Crippen molar-refractivity contribution < 1.29 is 14.2 Å². The molecule has 0 aliphatic carbocycles. The highest BCUT2D eigenvalue weighted by atomic mass is 16.8. The topological polar surface area (TPSA) is 27.7 Å². The van der Waals surface area contributed by atoms with Crippen molar-refractivity contribution in [3.63, 3.8) is 0 Å². The molecule has 0 N–H and O–H groups in total. The molecule has 2 unspecified atom stereocenters. The smallest absolute Gasteiger partial charge is 0.206 e. The van der Waals surface area contributed by atoms with Gasteiger partial charge in [0.1, 0.15) is 0 Å². The molecule has 2 atom stereocenters. The lowest BCUT2D eigenvalue weighted by molar-refractivity contribution is -0.196. The van der Waals surface area contributed by atoms with Gasteiger partial charge < -0.3 is 14.2 Å². The molecule has 0 saturated carbocycles. The predicted octanol–water partition coefficient (Wildman–Crippen LogP) is 1.52. The van der Waals surface area contributed by atoms with E-state index in [1.165, 1.54) is 0 Å². The Hall–Kier alpha value is -0.960. The Balaban J connectivity index is 1.73. The van der Waals surface area contributed by atoms with E-state index in [1.807, 2.05) is 12.2 Å². The Bertz CT molecular complexity index is 150. The fourth-order valence-electron chi connectivity index (χ4n) is 1.08. The summed E-state index contributed by atoms with van der Waals surface area (Å²) in [6.45, 7) is 0. The first kappa shape index (κ1) is 6.73. The SMILES string of the molecule is C1=COC(OC2CC=CO2)C1. The molecule has 0 aromatic carbocycles. The van der Waals surface area contributed by atoms with Crippen LogP contribution in [0.15, 0.2) is 24.7 Å². The summed E-state index contributed by atoms with van der Waals surface area (Å²) in [7, 11) is 0. The van der Waals surface area contributed by atoms with Crippen molar-refractivity contribution in [3.8, 4) is 0 Å². The Labute approximate surface area is 65.2 Å². The average Bonchev–Trinajstić information content (AvgIpc) is 2.60. The first-order chi connectivity index (χ1) is 5.45. The van der Waals surface area contributed by atoms with E-state index in [4.69, 9.17) is 14.2 Å². The molecule has 0 spiro atoms. The number of rotatable bonds is 2. The Morgan fingerprint density at radius 1 is 1.00 bits per heavy atom. The second kappa shape index (κ2) is 2.96. The Kier molecular flexibility index (Phi) is 1.81. The minimum atomic E-state index is -0.139. The minimum Gasteiger partial charge on any atom is -0.472 e. The molecule has 0 radical (unpaired) electrons. The van der Waals surface area contributed by atoms with E-state index < -0.39 is 0 Å². The van der Waals surface area contributed by atoms with Crippen LogP contribution >= 0.6 is 0 Å². The van der Waals surface area contributed by atoms with Crippen molar-refractivity contribution in [2.75, 3.05) is 0 Å². The van der Waals surface area contributed by atoms with Crippen LogP contribution in [0.1, 0.15) is 12.8 Å². The molecule has 2 rings (SSSR count). The van der Waals surface area contributed by atoms with Gasteiger partial charge in [0.05, 0.1) is 12.5 Å². The highest BCUT2D eigenvalue weighted by molar-refractivity contribution is 4.85. The summed E-state index contributed by atoms with van der Waals surface area (Å²) in [4.78, 5) is 0. The van der Waals surface area contributed by atoms with Crippen LogP contribution in [0.25, 0.3) is 0 Å². The molecule has 2 heterocycles. The van der Waals surface area contributed by atoms with Gasteiger partial charge in [0.2, 0.25) is 12.6 Å². The van der Waals surface area contributed by atoms with Crippen LogP contribution in [0.2, 0.25) is 0 Å². The summed E-state index contributed by atoms with van der Waals surface area (Å²) in [5.41, 5.74) is 0. The van der Waals surface area contributed by atoms with Gasteiger partial charge in [-0.25, -0.2) is 0 Å². The summed E-state index contributed by atoms with van der Waals surface area (Å²) in [5, 5.41) is 0. The molecule has 2 aliphatic rings. The van der Waals surface area contributed by atoms with E-state index in [-0.39, 0.29) is 12.6 Å². The first-order valence-corrected chi connectivity index (χ1v) is 3.71. The van der Waals surface area contributed by atoms with Crippen LogP contribution in [-0.4, -0.2) is 12.6 Å². The van der Waals surface area contributed by atoms with Crippen LogP contribution in [-0.2, 0) is 14.2 Å². The zero-order valence-corrected chi connectivity index (χ0v) is 6.10. The van der Waals surface area contributed by atoms with E-state index in [0.717, 1.165) is 12.8 Å². The highest BCUT2D eigenvalue weighted by Crippen LogP contribution is 2.17. The summed E-state index contributed by atoms with van der Waals surface area (Å²) >= 11 is 0. The van der Waals surface area contributed by atoms with Crippen LogP contribution < -0.4 is 0 Å². The van der Waals surface area contributed by atoms with Crippen LogP contribution in [0, 0.1) is 0 Å². The fourth-order valence-corrected chi connectivity index (χ4v) is 1.08. The van der Waals surface area contributed by atoms with Crippen molar-refractivity contribution >= 4 is 0 Å². The summed E-state index contributed by atoms with van der Waals surface area (Å²) in [5.74, 6) is 0.